The Hall–Kier alpha value is -2.86. The maximum absolute atomic E-state index is 12.4. The highest BCUT2D eigenvalue weighted by atomic mass is 16.5. The highest BCUT2D eigenvalue weighted by molar-refractivity contribution is 5.94. The number of carbonyl (C=O) groups excluding carboxylic acids is 2. The molecule has 2 aromatic carbocycles. The lowest BCUT2D eigenvalue weighted by molar-refractivity contribution is -0.116. The Balaban J connectivity index is 1.51. The first-order valence-electron chi connectivity index (χ1n) is 10.1. The molecule has 0 bridgehead atoms. The molecule has 0 heterocycles. The van der Waals surface area contributed by atoms with E-state index in [0.717, 1.165) is 29.8 Å². The molecular formula is C23H29N3O3. The minimum Gasteiger partial charge on any atom is -0.490 e. The van der Waals surface area contributed by atoms with Crippen molar-refractivity contribution in [3.8, 4) is 5.75 Å². The van der Waals surface area contributed by atoms with Crippen molar-refractivity contribution in [2.45, 2.75) is 38.3 Å². The lowest BCUT2D eigenvalue weighted by Gasteiger charge is -2.13. The molecule has 0 saturated heterocycles. The summed E-state index contributed by atoms with van der Waals surface area (Å²) in [5.41, 5.74) is 2.23. The number of hydrogen-bond donors (Lipinski definition) is 2. The molecule has 3 rings (SSSR count). The smallest absolute Gasteiger partial charge is 0.251 e. The number of carbonyl (C=O) groups is 2. The van der Waals surface area contributed by atoms with Crippen molar-refractivity contribution in [2.75, 3.05) is 26.0 Å². The molecule has 2 N–H and O–H groups in total. The van der Waals surface area contributed by atoms with Gasteiger partial charge in [-0.05, 0) is 81.7 Å². The van der Waals surface area contributed by atoms with E-state index < -0.39 is 0 Å². The zero-order chi connectivity index (χ0) is 20.6. The number of amides is 2. The summed E-state index contributed by atoms with van der Waals surface area (Å²) < 4.78 is 5.94. The number of nitrogens with one attached hydrogen (secondary N) is 2. The second-order valence-corrected chi connectivity index (χ2v) is 7.72. The normalized spacial score (nSPS) is 14.0. The van der Waals surface area contributed by atoms with Crippen LogP contribution in [0.2, 0.25) is 0 Å². The van der Waals surface area contributed by atoms with Crippen LogP contribution in [0.1, 0.15) is 41.6 Å². The number of nitrogens with zero attached hydrogens (tertiary/aromatic N) is 1. The number of anilines is 1. The van der Waals surface area contributed by atoms with Crippen molar-refractivity contribution in [3.63, 3.8) is 0 Å². The van der Waals surface area contributed by atoms with Crippen LogP contribution in [0, 0.1) is 0 Å². The highest BCUT2D eigenvalue weighted by Crippen LogP contribution is 2.24. The fraction of sp³-hybridized carbons (Fsp3) is 0.391. The Morgan fingerprint density at radius 1 is 1.07 bits per heavy atom. The van der Waals surface area contributed by atoms with Crippen LogP contribution in [0.15, 0.2) is 48.5 Å². The van der Waals surface area contributed by atoms with E-state index in [1.54, 1.807) is 12.1 Å². The van der Waals surface area contributed by atoms with Crippen LogP contribution in [0.3, 0.4) is 0 Å². The fourth-order valence-electron chi connectivity index (χ4n) is 3.41. The molecule has 29 heavy (non-hydrogen) atoms. The van der Waals surface area contributed by atoms with Gasteiger partial charge >= 0.3 is 0 Å². The molecule has 154 valence electrons. The number of hydrogen-bond acceptors (Lipinski definition) is 4. The topological polar surface area (TPSA) is 70.7 Å². The molecule has 1 fully saturated rings. The van der Waals surface area contributed by atoms with Gasteiger partial charge in [0.05, 0.1) is 12.6 Å². The Morgan fingerprint density at radius 2 is 1.79 bits per heavy atom. The third-order valence-electron chi connectivity index (χ3n) is 4.85. The van der Waals surface area contributed by atoms with E-state index in [1.807, 2.05) is 55.4 Å². The molecule has 1 saturated carbocycles. The summed E-state index contributed by atoms with van der Waals surface area (Å²) in [6, 6.07) is 14.8. The van der Waals surface area contributed by atoms with E-state index in [4.69, 9.17) is 4.74 Å². The van der Waals surface area contributed by atoms with E-state index in [9.17, 15) is 9.59 Å². The van der Waals surface area contributed by atoms with Crippen LogP contribution in [0.4, 0.5) is 5.69 Å². The molecule has 2 aromatic rings. The van der Waals surface area contributed by atoms with Crippen LogP contribution in [-0.4, -0.2) is 43.5 Å². The Bertz CT molecular complexity index is 828. The van der Waals surface area contributed by atoms with Gasteiger partial charge in [0.25, 0.3) is 5.91 Å². The Labute approximate surface area is 172 Å². The summed E-state index contributed by atoms with van der Waals surface area (Å²) in [5.74, 6) is 0.602. The lowest BCUT2D eigenvalue weighted by atomic mass is 10.1. The van der Waals surface area contributed by atoms with E-state index in [-0.39, 0.29) is 11.8 Å². The minimum absolute atomic E-state index is 0.0731. The Kier molecular flexibility index (Phi) is 7.25. The largest absolute Gasteiger partial charge is 0.490 e. The van der Waals surface area contributed by atoms with Crippen molar-refractivity contribution in [1.82, 2.24) is 10.2 Å². The van der Waals surface area contributed by atoms with Crippen molar-refractivity contribution >= 4 is 17.5 Å². The zero-order valence-electron chi connectivity index (χ0n) is 17.1. The maximum atomic E-state index is 12.4. The van der Waals surface area contributed by atoms with Gasteiger partial charge in [0.1, 0.15) is 5.75 Å². The van der Waals surface area contributed by atoms with Gasteiger partial charge in [0.2, 0.25) is 5.91 Å². The van der Waals surface area contributed by atoms with Gasteiger partial charge in [-0.15, -0.1) is 0 Å². The van der Waals surface area contributed by atoms with Crippen molar-refractivity contribution in [3.05, 3.63) is 59.7 Å². The van der Waals surface area contributed by atoms with E-state index in [0.29, 0.717) is 24.8 Å². The SMILES string of the molecule is CN(C)CC(=O)Nc1cccc(CNC(=O)c2ccc(OC3CCCC3)cc2)c1. The van der Waals surface area contributed by atoms with E-state index >= 15 is 0 Å². The standard InChI is InChI=1S/C23H29N3O3/c1-26(2)16-22(27)25-19-7-5-6-17(14-19)15-24-23(28)18-10-12-21(13-11-18)29-20-8-3-4-9-20/h5-7,10-14,20H,3-4,8-9,15-16H2,1-2H3,(H,24,28)(H,25,27). The van der Waals surface area contributed by atoms with Crippen LogP contribution in [0.25, 0.3) is 0 Å². The van der Waals surface area contributed by atoms with Gasteiger partial charge in [0, 0.05) is 17.8 Å². The van der Waals surface area contributed by atoms with Crippen LogP contribution in [-0.2, 0) is 11.3 Å². The minimum atomic E-state index is -0.139. The fourth-order valence-corrected chi connectivity index (χ4v) is 3.41. The molecule has 0 aliphatic heterocycles. The average molecular weight is 396 g/mol. The predicted molar refractivity (Wildman–Crippen MR) is 114 cm³/mol. The number of rotatable bonds is 8. The number of likely N-dealkylation sites (N-methyl/N-ethyl adjacent to an activating group) is 1. The first-order chi connectivity index (χ1) is 14.0. The summed E-state index contributed by atoms with van der Waals surface area (Å²) in [5, 5.41) is 5.78. The van der Waals surface area contributed by atoms with Crippen molar-refractivity contribution in [2.24, 2.45) is 0 Å². The second kappa shape index (κ2) is 10.1. The molecule has 2 amide bonds. The molecule has 0 spiro atoms. The molecule has 0 atom stereocenters. The van der Waals surface area contributed by atoms with Crippen molar-refractivity contribution < 1.29 is 14.3 Å². The molecule has 1 aliphatic rings. The average Bonchev–Trinajstić information content (AvgIpc) is 3.19. The van der Waals surface area contributed by atoms with E-state index in [1.165, 1.54) is 12.8 Å². The van der Waals surface area contributed by atoms with Gasteiger partial charge in [-0.1, -0.05) is 12.1 Å². The maximum Gasteiger partial charge on any atom is 0.251 e. The van der Waals surface area contributed by atoms with Gasteiger partial charge < -0.3 is 20.3 Å². The summed E-state index contributed by atoms with van der Waals surface area (Å²) in [7, 11) is 3.69. The highest BCUT2D eigenvalue weighted by Gasteiger charge is 2.16. The van der Waals surface area contributed by atoms with Crippen LogP contribution in [0.5, 0.6) is 5.75 Å². The molecule has 6 nitrogen and oxygen atoms in total. The first-order valence-corrected chi connectivity index (χ1v) is 10.1. The third-order valence-corrected chi connectivity index (χ3v) is 4.85. The molecule has 0 unspecified atom stereocenters. The molecular weight excluding hydrogens is 366 g/mol. The number of ether oxygens (including phenoxy) is 1. The number of benzene rings is 2. The first kappa shape index (κ1) is 20.9. The lowest BCUT2D eigenvalue weighted by Crippen LogP contribution is -2.27. The van der Waals surface area contributed by atoms with Gasteiger partial charge in [-0.2, -0.15) is 0 Å². The third kappa shape index (κ3) is 6.61. The van der Waals surface area contributed by atoms with Crippen molar-refractivity contribution in [1.29, 1.82) is 0 Å². The monoisotopic (exact) mass is 395 g/mol. The molecule has 6 heteroatoms. The second-order valence-electron chi connectivity index (χ2n) is 7.72. The van der Waals surface area contributed by atoms with Crippen LogP contribution >= 0.6 is 0 Å². The van der Waals surface area contributed by atoms with E-state index in [2.05, 4.69) is 10.6 Å². The summed E-state index contributed by atoms with van der Waals surface area (Å²) in [6.07, 6.45) is 4.98. The van der Waals surface area contributed by atoms with Crippen LogP contribution < -0.4 is 15.4 Å². The summed E-state index contributed by atoms with van der Waals surface area (Å²) >= 11 is 0. The zero-order valence-corrected chi connectivity index (χ0v) is 17.1. The molecule has 0 radical (unpaired) electrons. The predicted octanol–water partition coefficient (Wildman–Crippen LogP) is 3.44. The molecule has 0 aromatic heterocycles. The molecule has 1 aliphatic carbocycles. The van der Waals surface area contributed by atoms with Gasteiger partial charge in [-0.25, -0.2) is 0 Å². The summed E-state index contributed by atoms with van der Waals surface area (Å²) in [6.45, 7) is 0.706. The van der Waals surface area contributed by atoms with Gasteiger partial charge in [0.15, 0.2) is 0 Å². The summed E-state index contributed by atoms with van der Waals surface area (Å²) in [4.78, 5) is 26.1. The van der Waals surface area contributed by atoms with Gasteiger partial charge in [-0.3, -0.25) is 9.59 Å². The Morgan fingerprint density at radius 3 is 2.48 bits per heavy atom. The quantitative estimate of drug-likeness (QED) is 0.718.